The maximum atomic E-state index is 12.8. The quantitative estimate of drug-likeness (QED) is 0.568. The van der Waals surface area contributed by atoms with Gasteiger partial charge in [-0.15, -0.1) is 0 Å². The predicted octanol–water partition coefficient (Wildman–Crippen LogP) is 3.81. The number of urea groups is 1. The predicted molar refractivity (Wildman–Crippen MR) is 124 cm³/mol. The molecule has 172 valence electrons. The van der Waals surface area contributed by atoms with Crippen molar-refractivity contribution < 1.29 is 19.2 Å². The molecule has 2 aliphatic rings. The second kappa shape index (κ2) is 8.68. The fourth-order valence-corrected chi connectivity index (χ4v) is 4.35. The number of fused-ring (bicyclic) bond motifs is 1. The smallest absolute Gasteiger partial charge is 0.319 e. The minimum absolute atomic E-state index is 0.193. The molecular formula is C23H22Cl2N4O4. The van der Waals surface area contributed by atoms with E-state index < -0.39 is 23.5 Å². The van der Waals surface area contributed by atoms with Gasteiger partial charge in [-0.2, -0.15) is 0 Å². The van der Waals surface area contributed by atoms with Crippen molar-refractivity contribution in [1.82, 2.24) is 15.5 Å². The van der Waals surface area contributed by atoms with Gasteiger partial charge in [0.2, 0.25) is 11.8 Å². The van der Waals surface area contributed by atoms with Crippen LogP contribution in [-0.4, -0.2) is 34.7 Å². The molecule has 0 bridgehead atoms. The van der Waals surface area contributed by atoms with E-state index in [2.05, 4.69) is 16.0 Å². The summed E-state index contributed by atoms with van der Waals surface area (Å²) in [6.45, 7) is 3.91. The van der Waals surface area contributed by atoms with E-state index in [-0.39, 0.29) is 24.8 Å². The van der Waals surface area contributed by atoms with Crippen molar-refractivity contribution in [3.63, 3.8) is 0 Å². The average Bonchev–Trinajstić information content (AvgIpc) is 3.05. The molecule has 33 heavy (non-hydrogen) atoms. The topological polar surface area (TPSA) is 108 Å². The number of nitrogens with zero attached hydrogens (tertiary/aromatic N) is 1. The number of carbonyl (C=O) groups excluding carboxylic acids is 4. The number of amides is 5. The highest BCUT2D eigenvalue weighted by molar-refractivity contribution is 6.42. The number of benzene rings is 2. The van der Waals surface area contributed by atoms with E-state index >= 15 is 0 Å². The summed E-state index contributed by atoms with van der Waals surface area (Å²) in [5.74, 6) is -1.06. The number of hydrogen-bond donors (Lipinski definition) is 3. The van der Waals surface area contributed by atoms with Gasteiger partial charge in [0.05, 0.1) is 15.6 Å². The van der Waals surface area contributed by atoms with E-state index in [4.69, 9.17) is 23.2 Å². The summed E-state index contributed by atoms with van der Waals surface area (Å²) in [4.78, 5) is 50.5. The molecule has 0 radical (unpaired) electrons. The molecular weight excluding hydrogens is 467 g/mol. The minimum Gasteiger partial charge on any atom is -0.329 e. The molecule has 0 saturated carbocycles. The molecule has 2 aromatic rings. The van der Waals surface area contributed by atoms with Crippen LogP contribution in [0, 0.1) is 0 Å². The molecule has 2 aromatic carbocycles. The number of halogens is 2. The van der Waals surface area contributed by atoms with Gasteiger partial charge >= 0.3 is 6.03 Å². The Balaban J connectivity index is 1.44. The highest BCUT2D eigenvalue weighted by Crippen LogP contribution is 2.30. The van der Waals surface area contributed by atoms with Crippen molar-refractivity contribution in [2.45, 2.75) is 44.8 Å². The Morgan fingerprint density at radius 1 is 1.09 bits per heavy atom. The summed E-state index contributed by atoms with van der Waals surface area (Å²) in [6, 6.07) is 9.02. The first-order valence-corrected chi connectivity index (χ1v) is 11.1. The summed E-state index contributed by atoms with van der Waals surface area (Å²) in [5.41, 5.74) is 1.74. The lowest BCUT2D eigenvalue weighted by atomic mass is 9.94. The molecule has 2 aliphatic heterocycles. The van der Waals surface area contributed by atoms with Crippen molar-refractivity contribution in [3.8, 4) is 0 Å². The van der Waals surface area contributed by atoms with Crippen molar-refractivity contribution >= 4 is 52.6 Å². The van der Waals surface area contributed by atoms with Crippen LogP contribution in [0.4, 0.5) is 10.5 Å². The number of hydrogen-bond acceptors (Lipinski definition) is 4. The Labute approximate surface area is 200 Å². The molecule has 0 aromatic heterocycles. The summed E-state index contributed by atoms with van der Waals surface area (Å²) in [5, 5.41) is 8.79. The van der Waals surface area contributed by atoms with Crippen LogP contribution in [-0.2, 0) is 21.7 Å². The molecule has 3 N–H and O–H groups in total. The third-order valence-corrected chi connectivity index (χ3v) is 6.59. The Kier molecular flexibility index (Phi) is 6.07. The molecule has 0 spiro atoms. The van der Waals surface area contributed by atoms with Crippen LogP contribution in [0.25, 0.3) is 0 Å². The summed E-state index contributed by atoms with van der Waals surface area (Å²) in [7, 11) is 0. The third kappa shape index (κ3) is 4.67. The molecule has 1 unspecified atom stereocenters. The van der Waals surface area contributed by atoms with Crippen LogP contribution in [0.2, 0.25) is 10.0 Å². The third-order valence-electron chi connectivity index (χ3n) is 5.85. The number of carbonyl (C=O) groups is 4. The zero-order valence-corrected chi connectivity index (χ0v) is 19.5. The van der Waals surface area contributed by atoms with Crippen LogP contribution < -0.4 is 16.0 Å². The SMILES string of the molecule is CC(C)(NC(=O)Nc1ccc2c(c1)CN(C1CCC(=O)NC1=O)C2=O)c1ccc(Cl)c(Cl)c1. The van der Waals surface area contributed by atoms with Crippen molar-refractivity contribution in [3.05, 3.63) is 63.1 Å². The lowest BCUT2D eigenvalue weighted by Crippen LogP contribution is -2.52. The maximum absolute atomic E-state index is 12.8. The molecule has 8 nitrogen and oxygen atoms in total. The van der Waals surface area contributed by atoms with Gasteiger partial charge in [0.1, 0.15) is 6.04 Å². The normalized spacial score (nSPS) is 18.1. The van der Waals surface area contributed by atoms with Gasteiger partial charge in [0.15, 0.2) is 0 Å². The number of imide groups is 1. The van der Waals surface area contributed by atoms with Gasteiger partial charge < -0.3 is 15.5 Å². The molecule has 5 amide bonds. The second-order valence-electron chi connectivity index (χ2n) is 8.60. The van der Waals surface area contributed by atoms with Crippen molar-refractivity contribution in [2.75, 3.05) is 5.32 Å². The van der Waals surface area contributed by atoms with E-state index in [0.29, 0.717) is 33.3 Å². The monoisotopic (exact) mass is 488 g/mol. The molecule has 0 aliphatic carbocycles. The van der Waals surface area contributed by atoms with Gasteiger partial charge in [-0.3, -0.25) is 19.7 Å². The van der Waals surface area contributed by atoms with E-state index in [1.165, 1.54) is 4.90 Å². The maximum Gasteiger partial charge on any atom is 0.319 e. The van der Waals surface area contributed by atoms with Gasteiger partial charge in [-0.25, -0.2) is 4.79 Å². The first kappa shape index (κ1) is 23.1. The largest absolute Gasteiger partial charge is 0.329 e. The van der Waals surface area contributed by atoms with Crippen molar-refractivity contribution in [1.29, 1.82) is 0 Å². The van der Waals surface area contributed by atoms with Gasteiger partial charge in [0, 0.05) is 24.2 Å². The zero-order valence-electron chi connectivity index (χ0n) is 18.0. The standard InChI is InChI=1S/C23H22Cl2N4O4/c1-23(2,13-3-6-16(24)17(25)10-13)28-22(33)26-14-4-5-15-12(9-14)11-29(21(15)32)18-7-8-19(30)27-20(18)31/h3-6,9-10,18H,7-8,11H2,1-2H3,(H2,26,28,33)(H,27,30,31). The van der Waals surface area contributed by atoms with Crippen LogP contribution >= 0.6 is 23.2 Å². The van der Waals surface area contributed by atoms with Gasteiger partial charge in [-0.05, 0) is 61.7 Å². The number of rotatable bonds is 4. The average molecular weight is 489 g/mol. The summed E-state index contributed by atoms with van der Waals surface area (Å²) < 4.78 is 0. The Bertz CT molecular complexity index is 1180. The molecule has 4 rings (SSSR count). The lowest BCUT2D eigenvalue weighted by molar-refractivity contribution is -0.136. The van der Waals surface area contributed by atoms with Crippen molar-refractivity contribution in [2.24, 2.45) is 0 Å². The first-order chi connectivity index (χ1) is 15.5. The Morgan fingerprint density at radius 3 is 2.55 bits per heavy atom. The second-order valence-corrected chi connectivity index (χ2v) is 9.42. The highest BCUT2D eigenvalue weighted by Gasteiger charge is 2.39. The van der Waals surface area contributed by atoms with Crippen LogP contribution in [0.1, 0.15) is 48.2 Å². The number of piperidine rings is 1. The highest BCUT2D eigenvalue weighted by atomic mass is 35.5. The molecule has 1 saturated heterocycles. The van der Waals surface area contributed by atoms with E-state index in [9.17, 15) is 19.2 Å². The Hall–Kier alpha value is -3.10. The fourth-order valence-electron chi connectivity index (χ4n) is 4.06. The fraction of sp³-hybridized carbons (Fsp3) is 0.304. The van der Waals surface area contributed by atoms with Gasteiger partial charge in [-0.1, -0.05) is 29.3 Å². The van der Waals surface area contributed by atoms with Crippen LogP contribution in [0.3, 0.4) is 0 Å². The minimum atomic E-state index is -0.729. The van der Waals surface area contributed by atoms with E-state index in [1.807, 2.05) is 13.8 Å². The first-order valence-electron chi connectivity index (χ1n) is 10.4. The van der Waals surface area contributed by atoms with E-state index in [0.717, 1.165) is 5.56 Å². The van der Waals surface area contributed by atoms with Crippen LogP contribution in [0.5, 0.6) is 0 Å². The molecule has 1 fully saturated rings. The summed E-state index contributed by atoms with van der Waals surface area (Å²) >= 11 is 12.1. The lowest BCUT2D eigenvalue weighted by Gasteiger charge is -2.29. The Morgan fingerprint density at radius 2 is 1.85 bits per heavy atom. The van der Waals surface area contributed by atoms with Gasteiger partial charge in [0.25, 0.3) is 5.91 Å². The number of nitrogens with one attached hydrogen (secondary N) is 3. The molecule has 10 heteroatoms. The number of anilines is 1. The molecule has 1 atom stereocenters. The van der Waals surface area contributed by atoms with E-state index in [1.54, 1.807) is 36.4 Å². The summed E-state index contributed by atoms with van der Waals surface area (Å²) in [6.07, 6.45) is 0.486. The molecule has 2 heterocycles. The van der Waals surface area contributed by atoms with Crippen LogP contribution in [0.15, 0.2) is 36.4 Å². The zero-order chi connectivity index (χ0) is 23.9.